The lowest BCUT2D eigenvalue weighted by molar-refractivity contribution is 0.0991. The van der Waals surface area contributed by atoms with Crippen molar-refractivity contribution in [3.05, 3.63) is 115 Å². The van der Waals surface area contributed by atoms with Crippen LogP contribution in [0, 0.1) is 0 Å². The average Bonchev–Trinajstić information content (AvgIpc) is 3.38. The Kier molecular flexibility index (Phi) is 8.89. The van der Waals surface area contributed by atoms with Crippen LogP contribution in [0.3, 0.4) is 0 Å². The summed E-state index contributed by atoms with van der Waals surface area (Å²) in [5, 5.41) is 0. The molecule has 8 heteroatoms. The molecule has 0 aliphatic carbocycles. The molecular weight excluding hydrogens is 500 g/mol. The zero-order chi connectivity index (χ0) is 27.0. The molecule has 1 unspecified atom stereocenters. The Balaban J connectivity index is 1.43. The van der Waals surface area contributed by atoms with Gasteiger partial charge in [-0.1, -0.05) is 61.7 Å². The number of rotatable bonds is 13. The van der Waals surface area contributed by atoms with Gasteiger partial charge in [-0.3, -0.25) is 4.18 Å². The van der Waals surface area contributed by atoms with Gasteiger partial charge < -0.3 is 19.3 Å². The molecular formula is C30H32N2O5S. The fourth-order valence-electron chi connectivity index (χ4n) is 3.97. The molecule has 0 fully saturated rings. The van der Waals surface area contributed by atoms with Crippen LogP contribution in [0.25, 0.3) is 12.2 Å². The standard InChI is InChI=1S/C30H32N2O5S/c1-4-24-6-8-26(9-7-24)20-31-18-19-32(23-31)21-29(22-36-28-14-12-27(35-3)13-15-28)37-38(33,34)30-16-10-25(5-2)11-17-30/h4-19,29H,1-2,20-23H2,3H3. The lowest BCUT2D eigenvalue weighted by atomic mass is 10.1. The van der Waals surface area contributed by atoms with Crippen LogP contribution in [0.15, 0.2) is 103 Å². The van der Waals surface area contributed by atoms with Gasteiger partial charge in [0, 0.05) is 18.9 Å². The smallest absolute Gasteiger partial charge is 0.297 e. The molecule has 1 aliphatic heterocycles. The lowest BCUT2D eigenvalue weighted by Gasteiger charge is -2.26. The number of hydrogen-bond acceptors (Lipinski definition) is 7. The summed E-state index contributed by atoms with van der Waals surface area (Å²) in [5.74, 6) is 1.30. The zero-order valence-electron chi connectivity index (χ0n) is 21.4. The van der Waals surface area contributed by atoms with Crippen molar-refractivity contribution in [2.75, 3.05) is 26.9 Å². The Morgan fingerprint density at radius 1 is 0.842 bits per heavy atom. The molecule has 0 saturated carbocycles. The van der Waals surface area contributed by atoms with E-state index in [9.17, 15) is 8.42 Å². The van der Waals surface area contributed by atoms with Gasteiger partial charge in [0.25, 0.3) is 10.1 Å². The Bertz CT molecular complexity index is 1350. The van der Waals surface area contributed by atoms with Crippen LogP contribution in [-0.4, -0.2) is 51.3 Å². The summed E-state index contributed by atoms with van der Waals surface area (Å²) in [6, 6.07) is 21.7. The molecule has 0 radical (unpaired) electrons. The van der Waals surface area contributed by atoms with E-state index in [-0.39, 0.29) is 11.5 Å². The van der Waals surface area contributed by atoms with Crippen molar-refractivity contribution < 1.29 is 22.1 Å². The molecule has 1 atom stereocenters. The SMILES string of the molecule is C=Cc1ccc(CN2C=CN(CC(COc3ccc(OC)cc3)OS(=O)(=O)c3ccc(C=C)cc3)C2)cc1. The van der Waals surface area contributed by atoms with Gasteiger partial charge in [-0.15, -0.1) is 0 Å². The number of ether oxygens (including phenoxy) is 2. The number of hydrogen-bond donors (Lipinski definition) is 0. The predicted octanol–water partition coefficient (Wildman–Crippen LogP) is 5.38. The van der Waals surface area contributed by atoms with Gasteiger partial charge in [-0.2, -0.15) is 8.42 Å². The topological polar surface area (TPSA) is 68.3 Å². The summed E-state index contributed by atoms with van der Waals surface area (Å²) >= 11 is 0. The molecule has 0 saturated heterocycles. The minimum Gasteiger partial charge on any atom is -0.497 e. The van der Waals surface area contributed by atoms with E-state index in [0.717, 1.165) is 17.7 Å². The van der Waals surface area contributed by atoms with Gasteiger partial charge in [-0.25, -0.2) is 0 Å². The van der Waals surface area contributed by atoms with Crippen molar-refractivity contribution in [1.29, 1.82) is 0 Å². The van der Waals surface area contributed by atoms with Crippen LogP contribution in [0.2, 0.25) is 0 Å². The van der Waals surface area contributed by atoms with Crippen molar-refractivity contribution in [2.24, 2.45) is 0 Å². The maximum Gasteiger partial charge on any atom is 0.297 e. The molecule has 0 spiro atoms. The molecule has 3 aromatic rings. The van der Waals surface area contributed by atoms with E-state index < -0.39 is 16.2 Å². The Morgan fingerprint density at radius 3 is 2.03 bits per heavy atom. The molecule has 0 amide bonds. The summed E-state index contributed by atoms with van der Waals surface area (Å²) in [6.07, 6.45) is 6.65. The van der Waals surface area contributed by atoms with Crippen LogP contribution >= 0.6 is 0 Å². The molecule has 38 heavy (non-hydrogen) atoms. The van der Waals surface area contributed by atoms with Gasteiger partial charge in [0.15, 0.2) is 0 Å². The molecule has 0 aromatic heterocycles. The molecule has 1 heterocycles. The van der Waals surface area contributed by atoms with Crippen molar-refractivity contribution in [1.82, 2.24) is 9.80 Å². The molecule has 0 bridgehead atoms. The predicted molar refractivity (Wildman–Crippen MR) is 150 cm³/mol. The first kappa shape index (κ1) is 27.0. The average molecular weight is 533 g/mol. The van der Waals surface area contributed by atoms with Crippen molar-refractivity contribution in [3.63, 3.8) is 0 Å². The second-order valence-corrected chi connectivity index (χ2v) is 10.4. The molecule has 4 rings (SSSR count). The Labute approximate surface area is 225 Å². The molecule has 7 nitrogen and oxygen atoms in total. The first-order valence-corrected chi connectivity index (χ1v) is 13.6. The van der Waals surface area contributed by atoms with E-state index in [1.165, 1.54) is 17.7 Å². The van der Waals surface area contributed by atoms with E-state index in [4.69, 9.17) is 13.7 Å². The second-order valence-electron chi connectivity index (χ2n) is 8.84. The number of nitrogens with zero attached hydrogens (tertiary/aromatic N) is 2. The van der Waals surface area contributed by atoms with Gasteiger partial charge in [-0.05, 0) is 53.1 Å². The summed E-state index contributed by atoms with van der Waals surface area (Å²) < 4.78 is 43.0. The summed E-state index contributed by atoms with van der Waals surface area (Å²) in [4.78, 5) is 4.24. The van der Waals surface area contributed by atoms with Crippen LogP contribution in [0.5, 0.6) is 11.5 Å². The highest BCUT2D eigenvalue weighted by molar-refractivity contribution is 7.86. The van der Waals surface area contributed by atoms with Crippen molar-refractivity contribution in [3.8, 4) is 11.5 Å². The largest absolute Gasteiger partial charge is 0.497 e. The zero-order valence-corrected chi connectivity index (χ0v) is 22.2. The van der Waals surface area contributed by atoms with Gasteiger partial charge >= 0.3 is 0 Å². The Hall–Kier alpha value is -4.01. The van der Waals surface area contributed by atoms with Crippen LogP contribution in [0.1, 0.15) is 16.7 Å². The van der Waals surface area contributed by atoms with Gasteiger partial charge in [0.05, 0.1) is 25.2 Å². The van der Waals surface area contributed by atoms with Gasteiger partial charge in [0.1, 0.15) is 24.2 Å². The summed E-state index contributed by atoms with van der Waals surface area (Å²) in [6.45, 7) is 9.19. The fraction of sp³-hybridized carbons (Fsp3) is 0.200. The molecule has 198 valence electrons. The van der Waals surface area contributed by atoms with Crippen LogP contribution in [-0.2, 0) is 20.8 Å². The molecule has 1 aliphatic rings. The highest BCUT2D eigenvalue weighted by Crippen LogP contribution is 2.21. The highest BCUT2D eigenvalue weighted by Gasteiger charge is 2.26. The minimum absolute atomic E-state index is 0.0453. The lowest BCUT2D eigenvalue weighted by Crippen LogP contribution is -2.37. The maximum absolute atomic E-state index is 13.1. The third-order valence-corrected chi connectivity index (χ3v) is 7.43. The van der Waals surface area contributed by atoms with Crippen LogP contribution < -0.4 is 9.47 Å². The quantitative estimate of drug-likeness (QED) is 0.274. The maximum atomic E-state index is 13.1. The third-order valence-electron chi connectivity index (χ3n) is 6.05. The monoisotopic (exact) mass is 532 g/mol. The van der Waals surface area contributed by atoms with E-state index in [2.05, 4.69) is 30.2 Å². The van der Waals surface area contributed by atoms with E-state index >= 15 is 0 Å². The van der Waals surface area contributed by atoms with Gasteiger partial charge in [0.2, 0.25) is 0 Å². The molecule has 0 N–H and O–H groups in total. The van der Waals surface area contributed by atoms with E-state index in [1.807, 2.05) is 35.5 Å². The normalized spacial score (nSPS) is 13.8. The first-order chi connectivity index (χ1) is 18.4. The second kappa shape index (κ2) is 12.5. The molecule has 3 aromatic carbocycles. The summed E-state index contributed by atoms with van der Waals surface area (Å²) in [5.41, 5.74) is 3.07. The highest BCUT2D eigenvalue weighted by atomic mass is 32.2. The third kappa shape index (κ3) is 7.27. The number of methoxy groups -OCH3 is 1. The van der Waals surface area contributed by atoms with E-state index in [0.29, 0.717) is 24.7 Å². The Morgan fingerprint density at radius 2 is 1.42 bits per heavy atom. The summed E-state index contributed by atoms with van der Waals surface area (Å²) in [7, 11) is -2.42. The fourth-order valence-corrected chi connectivity index (χ4v) is 5.03. The van der Waals surface area contributed by atoms with Crippen molar-refractivity contribution >= 4 is 22.3 Å². The first-order valence-electron chi connectivity index (χ1n) is 12.2. The van der Waals surface area contributed by atoms with Crippen molar-refractivity contribution in [2.45, 2.75) is 17.5 Å². The van der Waals surface area contributed by atoms with Crippen LogP contribution in [0.4, 0.5) is 0 Å². The van der Waals surface area contributed by atoms with E-state index in [1.54, 1.807) is 49.6 Å². The number of benzene rings is 3. The minimum atomic E-state index is -4.02.